The first-order valence-electron chi connectivity index (χ1n) is 11.9. The third-order valence-corrected chi connectivity index (χ3v) is 6.09. The zero-order valence-corrected chi connectivity index (χ0v) is 20.9. The molecule has 0 fully saturated rings. The highest BCUT2D eigenvalue weighted by Gasteiger charge is 2.20. The molecule has 0 radical (unpaired) electrons. The number of hydrogen-bond donors (Lipinski definition) is 4. The number of H-pyrrole nitrogens is 1. The van der Waals surface area contributed by atoms with Gasteiger partial charge in [-0.25, -0.2) is 0 Å². The van der Waals surface area contributed by atoms with Gasteiger partial charge in [-0.05, 0) is 42.3 Å². The van der Waals surface area contributed by atoms with Crippen molar-refractivity contribution in [1.29, 1.82) is 10.8 Å². The van der Waals surface area contributed by atoms with Crippen molar-refractivity contribution in [3.05, 3.63) is 89.9 Å². The molecular formula is C28H30N6O3. The van der Waals surface area contributed by atoms with E-state index in [1.165, 1.54) is 0 Å². The fraction of sp³-hybridized carbons (Fsp3) is 0.214. The molecule has 37 heavy (non-hydrogen) atoms. The fourth-order valence-electron chi connectivity index (χ4n) is 4.08. The molecule has 1 amide bonds. The van der Waals surface area contributed by atoms with E-state index in [1.807, 2.05) is 36.5 Å². The first kappa shape index (κ1) is 25.4. The Hall–Kier alpha value is -4.66. The molecule has 4 N–H and O–H groups in total. The molecule has 0 spiro atoms. The van der Waals surface area contributed by atoms with Crippen LogP contribution in [0.2, 0.25) is 0 Å². The van der Waals surface area contributed by atoms with Crippen LogP contribution in [-0.4, -0.2) is 53.2 Å². The molecule has 2 heterocycles. The van der Waals surface area contributed by atoms with Crippen LogP contribution in [0.1, 0.15) is 28.0 Å². The number of amidine groups is 2. The van der Waals surface area contributed by atoms with Crippen LogP contribution in [0.15, 0.2) is 73.1 Å². The van der Waals surface area contributed by atoms with Gasteiger partial charge in [0, 0.05) is 41.3 Å². The predicted octanol–water partition coefficient (Wildman–Crippen LogP) is 4.40. The molecule has 0 saturated carbocycles. The first-order chi connectivity index (χ1) is 18.0. The van der Waals surface area contributed by atoms with Gasteiger partial charge >= 0.3 is 0 Å². The summed E-state index contributed by atoms with van der Waals surface area (Å²) in [7, 11) is 3.16. The van der Waals surface area contributed by atoms with Gasteiger partial charge in [-0.2, -0.15) is 0 Å². The van der Waals surface area contributed by atoms with E-state index in [0.717, 1.165) is 22.0 Å². The molecule has 0 bridgehead atoms. The molecule has 4 aromatic rings. The average molecular weight is 499 g/mol. The zero-order chi connectivity index (χ0) is 26.2. The van der Waals surface area contributed by atoms with Gasteiger partial charge in [0.2, 0.25) is 0 Å². The van der Waals surface area contributed by atoms with Crippen molar-refractivity contribution in [2.75, 3.05) is 20.8 Å². The van der Waals surface area contributed by atoms with Gasteiger partial charge in [-0.1, -0.05) is 24.3 Å². The van der Waals surface area contributed by atoms with E-state index in [-0.39, 0.29) is 36.4 Å². The number of para-hydroxylation sites is 1. The molecule has 0 aliphatic rings. The third-order valence-electron chi connectivity index (χ3n) is 6.09. The van der Waals surface area contributed by atoms with Crippen molar-refractivity contribution in [2.45, 2.75) is 19.4 Å². The highest BCUT2D eigenvalue weighted by atomic mass is 16.5. The molecule has 9 heteroatoms. The Bertz CT molecular complexity index is 1400. The number of benzene rings is 2. The van der Waals surface area contributed by atoms with E-state index in [1.54, 1.807) is 49.6 Å². The Morgan fingerprint density at radius 3 is 2.57 bits per heavy atom. The Balaban J connectivity index is 1.51. The number of rotatable bonds is 10. The maximum absolute atomic E-state index is 12.5. The van der Waals surface area contributed by atoms with E-state index in [9.17, 15) is 4.79 Å². The summed E-state index contributed by atoms with van der Waals surface area (Å²) in [6.07, 6.45) is 4.56. The Kier molecular flexibility index (Phi) is 8.15. The van der Waals surface area contributed by atoms with E-state index >= 15 is 0 Å². The van der Waals surface area contributed by atoms with Crippen LogP contribution in [0.3, 0.4) is 0 Å². The van der Waals surface area contributed by atoms with Crippen LogP contribution < -0.4 is 14.8 Å². The Labute approximate surface area is 215 Å². The standard InChI is InChI=1S/C28H30N6O3/c1-36-21-12-10-20(25(15-21)37-2)18-34(27(30)17-33-28(35)24-9-5-6-14-31-24)26(29)13-11-19-16-32-23-8-4-3-7-22(19)23/h3-10,12,14-16,29-30,32H,11,13,17-18H2,1-2H3,(H,33,35). The number of hydrogen-bond acceptors (Lipinski definition) is 6. The summed E-state index contributed by atoms with van der Waals surface area (Å²) < 4.78 is 10.8. The number of carbonyl (C=O) groups is 1. The monoisotopic (exact) mass is 498 g/mol. The number of nitrogens with zero attached hydrogens (tertiary/aromatic N) is 2. The molecule has 4 rings (SSSR count). The van der Waals surface area contributed by atoms with Crippen LogP contribution in [-0.2, 0) is 13.0 Å². The lowest BCUT2D eigenvalue weighted by atomic mass is 10.1. The first-order valence-corrected chi connectivity index (χ1v) is 11.9. The lowest BCUT2D eigenvalue weighted by molar-refractivity contribution is 0.0953. The Morgan fingerprint density at radius 1 is 1.00 bits per heavy atom. The number of pyridine rings is 1. The topological polar surface area (TPSA) is 127 Å². The maximum Gasteiger partial charge on any atom is 0.270 e. The van der Waals surface area contributed by atoms with Crippen molar-refractivity contribution >= 4 is 28.5 Å². The summed E-state index contributed by atoms with van der Waals surface area (Å²) in [6, 6.07) is 18.6. The van der Waals surface area contributed by atoms with Gasteiger partial charge in [0.1, 0.15) is 28.9 Å². The molecule has 0 atom stereocenters. The van der Waals surface area contributed by atoms with E-state index < -0.39 is 0 Å². The number of amides is 1. The van der Waals surface area contributed by atoms with Gasteiger partial charge < -0.3 is 24.7 Å². The van der Waals surface area contributed by atoms with Gasteiger partial charge in [0.25, 0.3) is 5.91 Å². The summed E-state index contributed by atoms with van der Waals surface area (Å²) in [5.41, 5.74) is 3.22. The molecule has 0 saturated heterocycles. The van der Waals surface area contributed by atoms with Gasteiger partial charge in [-0.3, -0.25) is 20.6 Å². The lowest BCUT2D eigenvalue weighted by Crippen LogP contribution is -2.42. The second-order valence-corrected chi connectivity index (χ2v) is 8.41. The van der Waals surface area contributed by atoms with Crippen LogP contribution >= 0.6 is 0 Å². The SMILES string of the molecule is COc1ccc(CN(C(=N)CCc2c[nH]c3ccccc23)C(=N)CNC(=O)c2ccccn2)c(OC)c1. The number of nitrogens with one attached hydrogen (secondary N) is 4. The van der Waals surface area contributed by atoms with Crippen LogP contribution in [0.25, 0.3) is 10.9 Å². The normalized spacial score (nSPS) is 10.6. The molecule has 9 nitrogen and oxygen atoms in total. The number of aromatic amines is 1. The minimum Gasteiger partial charge on any atom is -0.497 e. The predicted molar refractivity (Wildman–Crippen MR) is 144 cm³/mol. The number of aryl methyl sites for hydroxylation is 1. The van der Waals surface area contributed by atoms with Crippen molar-refractivity contribution < 1.29 is 14.3 Å². The summed E-state index contributed by atoms with van der Waals surface area (Å²) in [6.45, 7) is 0.182. The minimum atomic E-state index is -0.377. The maximum atomic E-state index is 12.5. The molecule has 2 aromatic heterocycles. The molecular weight excluding hydrogens is 468 g/mol. The van der Waals surface area contributed by atoms with Crippen molar-refractivity contribution in [3.8, 4) is 11.5 Å². The van der Waals surface area contributed by atoms with Gasteiger partial charge in [0.05, 0.1) is 27.3 Å². The highest BCUT2D eigenvalue weighted by Crippen LogP contribution is 2.26. The largest absolute Gasteiger partial charge is 0.497 e. The quantitative estimate of drug-likeness (QED) is 0.190. The smallest absolute Gasteiger partial charge is 0.270 e. The molecule has 0 aliphatic carbocycles. The average Bonchev–Trinajstić information content (AvgIpc) is 3.36. The number of carbonyl (C=O) groups excluding carboxylic acids is 1. The number of aromatic nitrogens is 2. The highest BCUT2D eigenvalue weighted by molar-refractivity contribution is 6.01. The summed E-state index contributed by atoms with van der Waals surface area (Å²) in [5.74, 6) is 1.22. The van der Waals surface area contributed by atoms with Crippen molar-refractivity contribution in [3.63, 3.8) is 0 Å². The number of methoxy groups -OCH3 is 2. The molecule has 0 unspecified atom stereocenters. The number of fused-ring (bicyclic) bond motifs is 1. The van der Waals surface area contributed by atoms with Crippen LogP contribution in [0.5, 0.6) is 11.5 Å². The van der Waals surface area contributed by atoms with E-state index in [4.69, 9.17) is 20.3 Å². The molecule has 190 valence electrons. The molecule has 0 aliphatic heterocycles. The Morgan fingerprint density at radius 2 is 1.81 bits per heavy atom. The second-order valence-electron chi connectivity index (χ2n) is 8.41. The van der Waals surface area contributed by atoms with Gasteiger partial charge in [-0.15, -0.1) is 0 Å². The number of ether oxygens (including phenoxy) is 2. The minimum absolute atomic E-state index is 0.0522. The van der Waals surface area contributed by atoms with Crippen LogP contribution in [0, 0.1) is 10.8 Å². The van der Waals surface area contributed by atoms with E-state index in [0.29, 0.717) is 24.3 Å². The second kappa shape index (κ2) is 11.9. The summed E-state index contributed by atoms with van der Waals surface area (Å²) in [5, 5.41) is 21.5. The summed E-state index contributed by atoms with van der Waals surface area (Å²) in [4.78, 5) is 21.4. The third kappa shape index (κ3) is 6.13. The summed E-state index contributed by atoms with van der Waals surface area (Å²) >= 11 is 0. The van der Waals surface area contributed by atoms with Crippen molar-refractivity contribution in [2.24, 2.45) is 0 Å². The van der Waals surface area contributed by atoms with Crippen molar-refractivity contribution in [1.82, 2.24) is 20.2 Å². The van der Waals surface area contributed by atoms with Crippen LogP contribution in [0.4, 0.5) is 0 Å². The fourth-order valence-corrected chi connectivity index (χ4v) is 4.08. The van der Waals surface area contributed by atoms with E-state index in [2.05, 4.69) is 21.4 Å². The van der Waals surface area contributed by atoms with Gasteiger partial charge in [0.15, 0.2) is 0 Å². The zero-order valence-electron chi connectivity index (χ0n) is 20.9. The lowest BCUT2D eigenvalue weighted by Gasteiger charge is -2.27. The molecule has 2 aromatic carbocycles.